The number of carbonyl (C=O) groups is 2. The van der Waals surface area contributed by atoms with Gasteiger partial charge in [-0.05, 0) is 37.6 Å². The van der Waals surface area contributed by atoms with Crippen molar-refractivity contribution < 1.29 is 9.59 Å². The highest BCUT2D eigenvalue weighted by Crippen LogP contribution is 2.19. The molecule has 1 aliphatic heterocycles. The molecule has 2 amide bonds. The fourth-order valence-corrected chi connectivity index (χ4v) is 2.16. The van der Waals surface area contributed by atoms with E-state index in [1.165, 1.54) is 0 Å². The third-order valence-corrected chi connectivity index (χ3v) is 3.42. The van der Waals surface area contributed by atoms with Gasteiger partial charge in [-0.25, -0.2) is 0 Å². The van der Waals surface area contributed by atoms with Crippen molar-refractivity contribution in [2.45, 2.75) is 13.3 Å². The first-order chi connectivity index (χ1) is 9.11. The Morgan fingerprint density at radius 1 is 1.35 bits per heavy atom. The summed E-state index contributed by atoms with van der Waals surface area (Å²) in [6.45, 7) is 3.52. The van der Waals surface area contributed by atoms with Gasteiger partial charge in [0.15, 0.2) is 0 Å². The van der Waals surface area contributed by atoms with Gasteiger partial charge in [-0.3, -0.25) is 9.59 Å². The number of nitrogens with one attached hydrogen (secondary N) is 3. The maximum atomic E-state index is 12.1. The van der Waals surface area contributed by atoms with Gasteiger partial charge in [0.2, 0.25) is 5.91 Å². The maximum Gasteiger partial charge on any atom is 0.251 e. The molecule has 0 spiro atoms. The highest BCUT2D eigenvalue weighted by Gasteiger charge is 2.22. The van der Waals surface area contributed by atoms with Crippen LogP contribution in [-0.4, -0.2) is 32.0 Å². The predicted molar refractivity (Wildman–Crippen MR) is 81.4 cm³/mol. The topological polar surface area (TPSA) is 70.2 Å². The number of hydrogen-bond acceptors (Lipinski definition) is 3. The smallest absolute Gasteiger partial charge is 0.251 e. The number of rotatable bonds is 3. The zero-order chi connectivity index (χ0) is 13.8. The van der Waals surface area contributed by atoms with Crippen LogP contribution in [0, 0.1) is 12.8 Å². The average Bonchev–Trinajstić information content (AvgIpc) is 2.94. The molecule has 0 bridgehead atoms. The van der Waals surface area contributed by atoms with E-state index >= 15 is 0 Å². The summed E-state index contributed by atoms with van der Waals surface area (Å²) < 4.78 is 0. The molecular weight excluding hydrogens is 278 g/mol. The van der Waals surface area contributed by atoms with Crippen LogP contribution in [0.2, 0.25) is 0 Å². The van der Waals surface area contributed by atoms with Gasteiger partial charge >= 0.3 is 0 Å². The second-order valence-electron chi connectivity index (χ2n) is 4.79. The Labute approximate surface area is 124 Å². The lowest BCUT2D eigenvalue weighted by Crippen LogP contribution is -2.25. The monoisotopic (exact) mass is 297 g/mol. The summed E-state index contributed by atoms with van der Waals surface area (Å²) >= 11 is 0. The van der Waals surface area contributed by atoms with Crippen molar-refractivity contribution in [2.75, 3.05) is 25.5 Å². The Balaban J connectivity index is 0.00000200. The second kappa shape index (κ2) is 7.26. The molecule has 1 unspecified atom stereocenters. The van der Waals surface area contributed by atoms with Crippen molar-refractivity contribution in [3.63, 3.8) is 0 Å². The maximum absolute atomic E-state index is 12.1. The van der Waals surface area contributed by atoms with Crippen molar-refractivity contribution in [3.8, 4) is 0 Å². The SMILES string of the molecule is CNC(=O)c1ccc(C)c(NC(=O)C2CCNC2)c1.Cl. The van der Waals surface area contributed by atoms with Gasteiger partial charge in [-0.1, -0.05) is 6.07 Å². The highest BCUT2D eigenvalue weighted by molar-refractivity contribution is 5.98. The number of halogens is 1. The van der Waals surface area contributed by atoms with Gasteiger partial charge < -0.3 is 16.0 Å². The molecule has 6 heteroatoms. The molecule has 1 heterocycles. The summed E-state index contributed by atoms with van der Waals surface area (Å²) in [6.07, 6.45) is 0.861. The van der Waals surface area contributed by atoms with Gasteiger partial charge in [-0.15, -0.1) is 12.4 Å². The fourth-order valence-electron chi connectivity index (χ4n) is 2.16. The number of hydrogen-bond donors (Lipinski definition) is 3. The molecule has 110 valence electrons. The Morgan fingerprint density at radius 2 is 2.10 bits per heavy atom. The Kier molecular flexibility index (Phi) is 5.98. The largest absolute Gasteiger partial charge is 0.355 e. The lowest BCUT2D eigenvalue weighted by molar-refractivity contribution is -0.119. The molecule has 3 N–H and O–H groups in total. The van der Waals surface area contributed by atoms with E-state index in [0.29, 0.717) is 11.3 Å². The van der Waals surface area contributed by atoms with Crippen molar-refractivity contribution in [1.82, 2.24) is 10.6 Å². The third kappa shape index (κ3) is 3.71. The van der Waals surface area contributed by atoms with Crippen LogP contribution in [0.3, 0.4) is 0 Å². The van der Waals surface area contributed by atoms with Gasteiger partial charge in [0, 0.05) is 24.8 Å². The number of anilines is 1. The Hall–Kier alpha value is -1.59. The minimum Gasteiger partial charge on any atom is -0.355 e. The Morgan fingerprint density at radius 3 is 2.70 bits per heavy atom. The van der Waals surface area contributed by atoms with Crippen LogP contribution in [0.5, 0.6) is 0 Å². The van der Waals surface area contributed by atoms with E-state index in [-0.39, 0.29) is 30.1 Å². The lowest BCUT2D eigenvalue weighted by Gasteiger charge is -2.13. The molecule has 1 aromatic rings. The minimum atomic E-state index is -0.155. The van der Waals surface area contributed by atoms with E-state index in [4.69, 9.17) is 0 Å². The van der Waals surface area contributed by atoms with E-state index < -0.39 is 0 Å². The summed E-state index contributed by atoms with van der Waals surface area (Å²) in [5.74, 6) is -0.122. The summed E-state index contributed by atoms with van der Waals surface area (Å²) in [4.78, 5) is 23.7. The number of benzene rings is 1. The van der Waals surface area contributed by atoms with Gasteiger partial charge in [0.05, 0.1) is 5.92 Å². The third-order valence-electron chi connectivity index (χ3n) is 3.42. The molecule has 1 aromatic carbocycles. The van der Waals surface area contributed by atoms with Gasteiger partial charge in [0.1, 0.15) is 0 Å². The molecule has 1 aliphatic rings. The fraction of sp³-hybridized carbons (Fsp3) is 0.429. The first-order valence-electron chi connectivity index (χ1n) is 6.46. The Bertz CT molecular complexity index is 499. The van der Waals surface area contributed by atoms with Gasteiger partial charge in [0.25, 0.3) is 5.91 Å². The summed E-state index contributed by atoms with van der Waals surface area (Å²) in [5.41, 5.74) is 2.21. The zero-order valence-electron chi connectivity index (χ0n) is 11.7. The quantitative estimate of drug-likeness (QED) is 0.788. The first-order valence-corrected chi connectivity index (χ1v) is 6.46. The summed E-state index contributed by atoms with van der Waals surface area (Å²) in [5, 5.41) is 8.65. The molecule has 0 radical (unpaired) electrons. The van der Waals surface area contributed by atoms with Crippen LogP contribution in [0.1, 0.15) is 22.3 Å². The molecule has 0 saturated carbocycles. The van der Waals surface area contributed by atoms with Crippen LogP contribution >= 0.6 is 12.4 Å². The zero-order valence-corrected chi connectivity index (χ0v) is 12.5. The van der Waals surface area contributed by atoms with Crippen LogP contribution in [0.15, 0.2) is 18.2 Å². The van der Waals surface area contributed by atoms with Crippen molar-refractivity contribution in [1.29, 1.82) is 0 Å². The summed E-state index contributed by atoms with van der Waals surface area (Å²) in [6, 6.07) is 5.31. The van der Waals surface area contributed by atoms with E-state index in [0.717, 1.165) is 25.1 Å². The van der Waals surface area contributed by atoms with Crippen LogP contribution in [0.4, 0.5) is 5.69 Å². The highest BCUT2D eigenvalue weighted by atomic mass is 35.5. The van der Waals surface area contributed by atoms with Crippen molar-refractivity contribution >= 4 is 29.9 Å². The summed E-state index contributed by atoms with van der Waals surface area (Å²) in [7, 11) is 1.59. The van der Waals surface area contributed by atoms with E-state index in [1.807, 2.05) is 13.0 Å². The number of aryl methyl sites for hydroxylation is 1. The van der Waals surface area contributed by atoms with Crippen LogP contribution in [-0.2, 0) is 4.79 Å². The molecule has 1 fully saturated rings. The molecule has 1 atom stereocenters. The normalized spacial score (nSPS) is 17.2. The van der Waals surface area contributed by atoms with Crippen LogP contribution in [0.25, 0.3) is 0 Å². The average molecular weight is 298 g/mol. The van der Waals surface area contributed by atoms with E-state index in [9.17, 15) is 9.59 Å². The molecule has 20 heavy (non-hydrogen) atoms. The lowest BCUT2D eigenvalue weighted by atomic mass is 10.1. The molecule has 5 nitrogen and oxygen atoms in total. The standard InChI is InChI=1S/C14H19N3O2.ClH/c1-9-3-4-10(13(18)15-2)7-12(9)17-14(19)11-5-6-16-8-11;/h3-4,7,11,16H,5-6,8H2,1-2H3,(H,15,18)(H,17,19);1H. The van der Waals surface area contributed by atoms with Crippen molar-refractivity contribution in [3.05, 3.63) is 29.3 Å². The number of amides is 2. The molecule has 0 aliphatic carbocycles. The van der Waals surface area contributed by atoms with E-state index in [2.05, 4.69) is 16.0 Å². The van der Waals surface area contributed by atoms with Crippen LogP contribution < -0.4 is 16.0 Å². The second-order valence-corrected chi connectivity index (χ2v) is 4.79. The van der Waals surface area contributed by atoms with E-state index in [1.54, 1.807) is 19.2 Å². The molecular formula is C14H20ClN3O2. The predicted octanol–water partition coefficient (Wildman–Crippen LogP) is 1.32. The molecule has 2 rings (SSSR count). The van der Waals surface area contributed by atoms with Crippen molar-refractivity contribution in [2.24, 2.45) is 5.92 Å². The molecule has 1 saturated heterocycles. The molecule has 0 aromatic heterocycles. The number of carbonyl (C=O) groups excluding carboxylic acids is 2. The first kappa shape index (κ1) is 16.5. The minimum absolute atomic E-state index is 0. The van der Waals surface area contributed by atoms with Gasteiger partial charge in [-0.2, -0.15) is 0 Å².